The van der Waals surface area contributed by atoms with Crippen molar-refractivity contribution in [2.24, 2.45) is 0 Å². The Morgan fingerprint density at radius 1 is 1.26 bits per heavy atom. The summed E-state index contributed by atoms with van der Waals surface area (Å²) in [6, 6.07) is 0.799. The summed E-state index contributed by atoms with van der Waals surface area (Å²) in [7, 11) is -3.06. The predicted molar refractivity (Wildman–Crippen MR) is 65.1 cm³/mol. The van der Waals surface area contributed by atoms with E-state index in [2.05, 4.69) is 4.98 Å². The van der Waals surface area contributed by atoms with E-state index < -0.39 is 21.6 Å². The molecule has 0 N–H and O–H groups in total. The molecule has 9 heteroatoms. The fraction of sp³-hybridized carbons (Fsp3) is 0.500. The lowest BCUT2D eigenvalue weighted by atomic mass is 10.2. The number of aromatic nitrogens is 1. The number of pyridine rings is 1. The van der Waals surface area contributed by atoms with Crippen LogP contribution in [0.2, 0.25) is 5.02 Å². The van der Waals surface area contributed by atoms with E-state index in [1.807, 2.05) is 0 Å². The Labute approximate surface area is 113 Å². The molecule has 4 nitrogen and oxygen atoms in total. The van der Waals surface area contributed by atoms with Crippen LogP contribution in [0.15, 0.2) is 12.3 Å². The smallest absolute Gasteiger partial charge is 0.353 e. The highest BCUT2D eigenvalue weighted by Crippen LogP contribution is 2.33. The number of hydrogen-bond acceptors (Lipinski definition) is 4. The molecule has 19 heavy (non-hydrogen) atoms. The normalized spacial score (nSPS) is 19.5. The van der Waals surface area contributed by atoms with E-state index in [0.29, 0.717) is 6.20 Å². The zero-order valence-corrected chi connectivity index (χ0v) is 11.2. The lowest BCUT2D eigenvalue weighted by Crippen LogP contribution is -2.40. The third kappa shape index (κ3) is 3.30. The molecule has 2 rings (SSSR count). The van der Waals surface area contributed by atoms with E-state index >= 15 is 0 Å². The van der Waals surface area contributed by atoms with Crippen LogP contribution in [-0.2, 0) is 16.0 Å². The van der Waals surface area contributed by atoms with E-state index in [1.54, 1.807) is 4.90 Å². The highest BCUT2D eigenvalue weighted by atomic mass is 35.5. The minimum atomic E-state index is -4.50. The highest BCUT2D eigenvalue weighted by Gasteiger charge is 2.32. The van der Waals surface area contributed by atoms with Crippen molar-refractivity contribution in [1.29, 1.82) is 0 Å². The van der Waals surface area contributed by atoms with Gasteiger partial charge in [0, 0.05) is 19.3 Å². The van der Waals surface area contributed by atoms with Gasteiger partial charge in [0.1, 0.15) is 5.82 Å². The van der Waals surface area contributed by atoms with Crippen LogP contribution in [0, 0.1) is 0 Å². The summed E-state index contributed by atoms with van der Waals surface area (Å²) in [5, 5.41) is -0.130. The number of alkyl halides is 3. The maximum absolute atomic E-state index is 12.5. The third-order valence-corrected chi connectivity index (χ3v) is 4.68. The molecule has 0 atom stereocenters. The van der Waals surface area contributed by atoms with Crippen molar-refractivity contribution in [3.63, 3.8) is 0 Å². The molecule has 0 saturated carbocycles. The van der Waals surface area contributed by atoms with Gasteiger partial charge in [0.05, 0.1) is 22.1 Å². The van der Waals surface area contributed by atoms with Gasteiger partial charge in [-0.15, -0.1) is 0 Å². The second-order valence-corrected chi connectivity index (χ2v) is 6.88. The Bertz CT molecular complexity index is 575. The van der Waals surface area contributed by atoms with Crippen LogP contribution < -0.4 is 4.90 Å². The molecule has 1 aromatic rings. The van der Waals surface area contributed by atoms with Gasteiger partial charge in [-0.3, -0.25) is 0 Å². The Balaban J connectivity index is 2.23. The molecule has 0 spiro atoms. The standard InChI is InChI=1S/C10H10ClF3N2O2S/c11-8-5-7(10(12,13)14)6-15-9(8)16-1-3-19(17,18)4-2-16/h5-6H,1-4H2. The molecule has 0 aromatic carbocycles. The van der Waals surface area contributed by atoms with Crippen molar-refractivity contribution in [1.82, 2.24) is 4.98 Å². The van der Waals surface area contributed by atoms with E-state index in [1.165, 1.54) is 0 Å². The Kier molecular flexibility index (Phi) is 3.65. The molecule has 106 valence electrons. The van der Waals surface area contributed by atoms with Crippen molar-refractivity contribution >= 4 is 27.3 Å². The number of halogens is 4. The van der Waals surface area contributed by atoms with Crippen LogP contribution in [0.5, 0.6) is 0 Å². The van der Waals surface area contributed by atoms with E-state index in [0.717, 1.165) is 6.07 Å². The van der Waals surface area contributed by atoms with Gasteiger partial charge in [-0.2, -0.15) is 13.2 Å². The van der Waals surface area contributed by atoms with Crippen LogP contribution in [-0.4, -0.2) is 38.0 Å². The summed E-state index contributed by atoms with van der Waals surface area (Å²) < 4.78 is 59.9. The van der Waals surface area contributed by atoms with E-state index in [9.17, 15) is 21.6 Å². The molecule has 1 fully saturated rings. The quantitative estimate of drug-likeness (QED) is 0.795. The van der Waals surface area contributed by atoms with Gasteiger partial charge in [0.25, 0.3) is 0 Å². The molecule has 1 aliphatic heterocycles. The molecule has 1 aromatic heterocycles. The number of nitrogens with zero attached hydrogens (tertiary/aromatic N) is 2. The van der Waals surface area contributed by atoms with Crippen LogP contribution >= 0.6 is 11.6 Å². The van der Waals surface area contributed by atoms with Gasteiger partial charge >= 0.3 is 6.18 Å². The van der Waals surface area contributed by atoms with Crippen molar-refractivity contribution in [2.75, 3.05) is 29.5 Å². The van der Waals surface area contributed by atoms with Crippen LogP contribution in [0.3, 0.4) is 0 Å². The van der Waals surface area contributed by atoms with Crippen LogP contribution in [0.4, 0.5) is 19.0 Å². The Hall–Kier alpha value is -1.02. The lowest BCUT2D eigenvalue weighted by molar-refractivity contribution is -0.137. The van der Waals surface area contributed by atoms with Gasteiger partial charge in [0.15, 0.2) is 9.84 Å². The molecule has 0 amide bonds. The first-order valence-corrected chi connectivity index (χ1v) is 7.57. The maximum Gasteiger partial charge on any atom is 0.417 e. The summed E-state index contributed by atoms with van der Waals surface area (Å²) in [6.45, 7) is 0.362. The fourth-order valence-electron chi connectivity index (χ4n) is 1.74. The van der Waals surface area contributed by atoms with Gasteiger partial charge in [-0.1, -0.05) is 11.6 Å². The molecule has 1 aliphatic rings. The van der Waals surface area contributed by atoms with Crippen LogP contribution in [0.25, 0.3) is 0 Å². The van der Waals surface area contributed by atoms with Crippen molar-refractivity contribution in [3.8, 4) is 0 Å². The zero-order chi connectivity index (χ0) is 14.3. The molecular formula is C10H10ClF3N2O2S. The molecule has 1 saturated heterocycles. The van der Waals surface area contributed by atoms with Gasteiger partial charge < -0.3 is 4.90 Å². The summed E-state index contributed by atoms with van der Waals surface area (Å²) in [4.78, 5) is 5.27. The first-order chi connectivity index (χ1) is 8.69. The van der Waals surface area contributed by atoms with E-state index in [-0.39, 0.29) is 35.4 Å². The average Bonchev–Trinajstić information content (AvgIpc) is 2.28. The van der Waals surface area contributed by atoms with Crippen molar-refractivity contribution in [2.45, 2.75) is 6.18 Å². The van der Waals surface area contributed by atoms with Crippen molar-refractivity contribution in [3.05, 3.63) is 22.8 Å². The summed E-state index contributed by atoms with van der Waals surface area (Å²) in [6.07, 6.45) is -3.80. The predicted octanol–water partition coefficient (Wildman–Crippen LogP) is 1.99. The van der Waals surface area contributed by atoms with Gasteiger partial charge in [-0.05, 0) is 6.07 Å². The molecular weight excluding hydrogens is 305 g/mol. The second-order valence-electron chi connectivity index (χ2n) is 4.17. The number of anilines is 1. The number of sulfone groups is 1. The number of rotatable bonds is 1. The molecule has 0 aliphatic carbocycles. The Morgan fingerprint density at radius 3 is 2.32 bits per heavy atom. The van der Waals surface area contributed by atoms with E-state index in [4.69, 9.17) is 11.6 Å². The first kappa shape index (κ1) is 14.4. The largest absolute Gasteiger partial charge is 0.417 e. The highest BCUT2D eigenvalue weighted by molar-refractivity contribution is 7.91. The topological polar surface area (TPSA) is 50.3 Å². The Morgan fingerprint density at radius 2 is 1.84 bits per heavy atom. The van der Waals surface area contributed by atoms with Crippen LogP contribution in [0.1, 0.15) is 5.56 Å². The minimum absolute atomic E-state index is 0.0496. The molecule has 2 heterocycles. The first-order valence-electron chi connectivity index (χ1n) is 5.37. The minimum Gasteiger partial charge on any atom is -0.353 e. The van der Waals surface area contributed by atoms with Gasteiger partial charge in [-0.25, -0.2) is 13.4 Å². The second kappa shape index (κ2) is 4.82. The van der Waals surface area contributed by atoms with Crippen molar-refractivity contribution < 1.29 is 21.6 Å². The summed E-state index contributed by atoms with van der Waals surface area (Å²) >= 11 is 5.79. The SMILES string of the molecule is O=S1(=O)CCN(c2ncc(C(F)(F)F)cc2Cl)CC1. The maximum atomic E-state index is 12.5. The third-order valence-electron chi connectivity index (χ3n) is 2.79. The molecule has 0 bridgehead atoms. The fourth-order valence-corrected chi connectivity index (χ4v) is 3.23. The average molecular weight is 315 g/mol. The lowest BCUT2D eigenvalue weighted by Gasteiger charge is -2.28. The number of hydrogen-bond donors (Lipinski definition) is 0. The monoisotopic (exact) mass is 314 g/mol. The van der Waals surface area contributed by atoms with Gasteiger partial charge in [0.2, 0.25) is 0 Å². The summed E-state index contributed by atoms with van der Waals surface area (Å²) in [5.41, 5.74) is -0.925. The molecule has 0 radical (unpaired) electrons. The zero-order valence-electron chi connectivity index (χ0n) is 9.61. The molecule has 0 unspecified atom stereocenters. The summed E-state index contributed by atoms with van der Waals surface area (Å²) in [5.74, 6) is 0.0856.